The number of para-hydroxylation sites is 1. The molecular formula is C26H33N3O. The van der Waals surface area contributed by atoms with Crippen LogP contribution in [0.25, 0.3) is 21.7 Å². The first-order valence-electron chi connectivity index (χ1n) is 10.6. The van der Waals surface area contributed by atoms with Crippen molar-refractivity contribution in [3.63, 3.8) is 0 Å². The third-order valence-corrected chi connectivity index (χ3v) is 5.39. The number of aromatic amines is 1. The zero-order valence-electron chi connectivity index (χ0n) is 18.2. The maximum Gasteiger partial charge on any atom is 0.0618 e. The van der Waals surface area contributed by atoms with Crippen molar-refractivity contribution in [2.75, 3.05) is 34.4 Å². The third kappa shape index (κ3) is 5.92. The zero-order chi connectivity index (χ0) is 21.2. The second kappa shape index (κ2) is 11.5. The van der Waals surface area contributed by atoms with Crippen LogP contribution >= 0.6 is 0 Å². The molecule has 0 saturated carbocycles. The van der Waals surface area contributed by atoms with E-state index in [0.717, 1.165) is 26.0 Å². The Labute approximate surface area is 179 Å². The maximum atomic E-state index is 5.19. The summed E-state index contributed by atoms with van der Waals surface area (Å²) in [7, 11) is 5.70. The largest absolute Gasteiger partial charge is 0.383 e. The SMILES string of the molecule is CNC(COC)Cc1ccc2ccccc2c1.CNCCc1c[nH]c2ccccc12. The van der Waals surface area contributed by atoms with Crippen LogP contribution in [-0.4, -0.2) is 45.4 Å². The molecule has 4 nitrogen and oxygen atoms in total. The Balaban J connectivity index is 0.000000177. The van der Waals surface area contributed by atoms with Crippen LogP contribution < -0.4 is 10.6 Å². The number of ether oxygens (including phenoxy) is 1. The summed E-state index contributed by atoms with van der Waals surface area (Å²) in [5, 5.41) is 10.4. The number of hydrogen-bond donors (Lipinski definition) is 3. The molecule has 0 amide bonds. The van der Waals surface area contributed by atoms with Gasteiger partial charge in [0.2, 0.25) is 0 Å². The first-order chi connectivity index (χ1) is 14.7. The number of methoxy groups -OCH3 is 1. The fourth-order valence-electron chi connectivity index (χ4n) is 3.69. The van der Waals surface area contributed by atoms with Crippen molar-refractivity contribution >= 4 is 21.7 Å². The van der Waals surface area contributed by atoms with Crippen LogP contribution in [0.15, 0.2) is 72.9 Å². The first kappa shape index (κ1) is 22.0. The summed E-state index contributed by atoms with van der Waals surface area (Å²) in [6.07, 6.45) is 4.18. The Kier molecular flexibility index (Phi) is 8.45. The second-order valence-electron chi connectivity index (χ2n) is 7.54. The Bertz CT molecular complexity index is 1040. The molecule has 1 unspecified atom stereocenters. The summed E-state index contributed by atoms with van der Waals surface area (Å²) < 4.78 is 5.19. The number of nitrogens with one attached hydrogen (secondary N) is 3. The summed E-state index contributed by atoms with van der Waals surface area (Å²) in [6.45, 7) is 1.77. The lowest BCUT2D eigenvalue weighted by Gasteiger charge is -2.15. The highest BCUT2D eigenvalue weighted by atomic mass is 16.5. The van der Waals surface area contributed by atoms with Crippen molar-refractivity contribution < 1.29 is 4.74 Å². The van der Waals surface area contributed by atoms with Crippen molar-refractivity contribution in [3.8, 4) is 0 Å². The Hall–Kier alpha value is -2.66. The van der Waals surface area contributed by atoms with Gasteiger partial charge in [0.15, 0.2) is 0 Å². The van der Waals surface area contributed by atoms with Crippen molar-refractivity contribution in [1.82, 2.24) is 15.6 Å². The molecule has 158 valence electrons. The maximum absolute atomic E-state index is 5.19. The predicted octanol–water partition coefficient (Wildman–Crippen LogP) is 4.55. The number of aromatic nitrogens is 1. The average molecular weight is 404 g/mol. The summed E-state index contributed by atoms with van der Waals surface area (Å²) in [6, 6.07) is 23.9. The molecule has 4 rings (SSSR count). The smallest absolute Gasteiger partial charge is 0.0618 e. The van der Waals surface area contributed by atoms with E-state index in [1.54, 1.807) is 7.11 Å². The molecule has 3 aromatic carbocycles. The molecule has 0 fully saturated rings. The van der Waals surface area contributed by atoms with Crippen LogP contribution in [0.3, 0.4) is 0 Å². The second-order valence-corrected chi connectivity index (χ2v) is 7.54. The van der Waals surface area contributed by atoms with Crippen molar-refractivity contribution in [2.45, 2.75) is 18.9 Å². The van der Waals surface area contributed by atoms with Gasteiger partial charge in [-0.05, 0) is 61.4 Å². The molecular weight excluding hydrogens is 370 g/mol. The molecule has 1 atom stereocenters. The van der Waals surface area contributed by atoms with Crippen LogP contribution in [0, 0.1) is 0 Å². The first-order valence-corrected chi connectivity index (χ1v) is 10.6. The molecule has 4 heteroatoms. The molecule has 3 N–H and O–H groups in total. The predicted molar refractivity (Wildman–Crippen MR) is 128 cm³/mol. The Morgan fingerprint density at radius 3 is 2.47 bits per heavy atom. The highest BCUT2D eigenvalue weighted by Gasteiger charge is 2.07. The number of hydrogen-bond acceptors (Lipinski definition) is 3. The standard InChI is InChI=1S/C15H19NO.C11H14N2/c1-16-15(11-17-2)10-12-7-8-13-5-3-4-6-14(13)9-12;1-12-7-6-9-8-13-11-5-3-2-4-10(9)11/h3-9,15-16H,10-11H2,1-2H3;2-5,8,12-13H,6-7H2,1H3. The van der Waals surface area contributed by atoms with Gasteiger partial charge in [0.25, 0.3) is 0 Å². The molecule has 0 aliphatic rings. The van der Waals surface area contributed by atoms with E-state index in [2.05, 4.69) is 88.5 Å². The molecule has 0 aliphatic carbocycles. The minimum Gasteiger partial charge on any atom is -0.383 e. The van der Waals surface area contributed by atoms with Gasteiger partial charge in [-0.15, -0.1) is 0 Å². The lowest BCUT2D eigenvalue weighted by atomic mass is 10.0. The van der Waals surface area contributed by atoms with Gasteiger partial charge in [-0.1, -0.05) is 60.7 Å². The number of benzene rings is 3. The molecule has 30 heavy (non-hydrogen) atoms. The third-order valence-electron chi connectivity index (χ3n) is 5.39. The molecule has 0 aliphatic heterocycles. The van der Waals surface area contributed by atoms with E-state index in [-0.39, 0.29) is 0 Å². The summed E-state index contributed by atoms with van der Waals surface area (Å²) in [5.41, 5.74) is 3.97. The van der Waals surface area contributed by atoms with Gasteiger partial charge in [0, 0.05) is 30.3 Å². The van der Waals surface area contributed by atoms with Crippen LogP contribution in [0.1, 0.15) is 11.1 Å². The van der Waals surface area contributed by atoms with Crippen LogP contribution in [0.5, 0.6) is 0 Å². The van der Waals surface area contributed by atoms with Gasteiger partial charge < -0.3 is 20.4 Å². The van der Waals surface area contributed by atoms with E-state index in [1.165, 1.54) is 32.8 Å². The molecule has 1 heterocycles. The van der Waals surface area contributed by atoms with Gasteiger partial charge in [0.1, 0.15) is 0 Å². The Morgan fingerprint density at radius 2 is 1.70 bits per heavy atom. The van der Waals surface area contributed by atoms with E-state index in [9.17, 15) is 0 Å². The minimum absolute atomic E-state index is 0.376. The molecule has 0 saturated heterocycles. The van der Waals surface area contributed by atoms with Crippen LogP contribution in [-0.2, 0) is 17.6 Å². The van der Waals surface area contributed by atoms with E-state index in [0.29, 0.717) is 6.04 Å². The monoisotopic (exact) mass is 403 g/mol. The number of fused-ring (bicyclic) bond motifs is 2. The summed E-state index contributed by atoms with van der Waals surface area (Å²) >= 11 is 0. The Morgan fingerprint density at radius 1 is 0.933 bits per heavy atom. The topological polar surface area (TPSA) is 49.1 Å². The number of H-pyrrole nitrogens is 1. The normalized spacial score (nSPS) is 12.0. The van der Waals surface area contributed by atoms with E-state index in [1.807, 2.05) is 14.1 Å². The minimum atomic E-state index is 0.376. The van der Waals surface area contributed by atoms with Gasteiger partial charge in [-0.3, -0.25) is 0 Å². The molecule has 4 aromatic rings. The van der Waals surface area contributed by atoms with Crippen molar-refractivity contribution in [1.29, 1.82) is 0 Å². The lowest BCUT2D eigenvalue weighted by molar-refractivity contribution is 0.169. The number of rotatable bonds is 8. The zero-order valence-corrected chi connectivity index (χ0v) is 18.2. The molecule has 0 radical (unpaired) electrons. The van der Waals surface area contributed by atoms with Crippen molar-refractivity contribution in [3.05, 3.63) is 84.1 Å². The molecule has 0 bridgehead atoms. The van der Waals surface area contributed by atoms with E-state index in [4.69, 9.17) is 4.74 Å². The molecule has 1 aromatic heterocycles. The van der Waals surface area contributed by atoms with Gasteiger partial charge >= 0.3 is 0 Å². The van der Waals surface area contributed by atoms with E-state index < -0.39 is 0 Å². The van der Waals surface area contributed by atoms with Crippen LogP contribution in [0.2, 0.25) is 0 Å². The highest BCUT2D eigenvalue weighted by Crippen LogP contribution is 2.18. The van der Waals surface area contributed by atoms with Crippen LogP contribution in [0.4, 0.5) is 0 Å². The fraction of sp³-hybridized carbons (Fsp3) is 0.308. The van der Waals surface area contributed by atoms with E-state index >= 15 is 0 Å². The van der Waals surface area contributed by atoms with Gasteiger partial charge in [0.05, 0.1) is 6.61 Å². The molecule has 0 spiro atoms. The van der Waals surface area contributed by atoms with Gasteiger partial charge in [-0.2, -0.15) is 0 Å². The highest BCUT2D eigenvalue weighted by molar-refractivity contribution is 5.83. The lowest BCUT2D eigenvalue weighted by Crippen LogP contribution is -2.32. The number of likely N-dealkylation sites (N-methyl/N-ethyl adjacent to an activating group) is 2. The quantitative estimate of drug-likeness (QED) is 0.405. The average Bonchev–Trinajstić information content (AvgIpc) is 3.21. The van der Waals surface area contributed by atoms with Crippen molar-refractivity contribution in [2.24, 2.45) is 0 Å². The summed E-state index contributed by atoms with van der Waals surface area (Å²) in [4.78, 5) is 3.27. The fourth-order valence-corrected chi connectivity index (χ4v) is 3.69. The summed E-state index contributed by atoms with van der Waals surface area (Å²) in [5.74, 6) is 0. The van der Waals surface area contributed by atoms with Gasteiger partial charge in [-0.25, -0.2) is 0 Å².